The van der Waals surface area contributed by atoms with Crippen LogP contribution in [-0.4, -0.2) is 36.9 Å². The number of hydrogen-bond acceptors (Lipinski definition) is 3. The number of amides is 2. The number of carbonyl (C=O) groups excluding carboxylic acids is 2. The molecule has 1 heterocycles. The normalized spacial score (nSPS) is 16.8. The summed E-state index contributed by atoms with van der Waals surface area (Å²) in [7, 11) is 1.64. The van der Waals surface area contributed by atoms with E-state index < -0.39 is 0 Å². The van der Waals surface area contributed by atoms with Crippen molar-refractivity contribution in [2.75, 3.05) is 25.1 Å². The van der Waals surface area contributed by atoms with E-state index in [4.69, 9.17) is 4.74 Å². The molecule has 2 aromatic carbocycles. The predicted molar refractivity (Wildman–Crippen MR) is 127 cm³/mol. The average Bonchev–Trinajstić information content (AvgIpc) is 3.68. The Labute approximate surface area is 191 Å². The Balaban J connectivity index is 1.50. The van der Waals surface area contributed by atoms with Gasteiger partial charge in [-0.3, -0.25) is 9.59 Å². The lowest BCUT2D eigenvalue weighted by Gasteiger charge is -2.34. The molecule has 1 saturated heterocycles. The molecule has 2 amide bonds. The van der Waals surface area contributed by atoms with Crippen LogP contribution in [0.15, 0.2) is 48.5 Å². The van der Waals surface area contributed by atoms with Crippen LogP contribution in [-0.2, 0) is 16.1 Å². The van der Waals surface area contributed by atoms with Crippen molar-refractivity contribution in [3.05, 3.63) is 59.7 Å². The summed E-state index contributed by atoms with van der Waals surface area (Å²) in [4.78, 5) is 29.9. The molecule has 170 valence electrons. The van der Waals surface area contributed by atoms with Gasteiger partial charge in [0.05, 0.1) is 13.7 Å². The second kappa shape index (κ2) is 9.76. The first-order chi connectivity index (χ1) is 15.5. The van der Waals surface area contributed by atoms with Crippen LogP contribution < -0.4 is 9.64 Å². The SMILES string of the molecule is COc1ccc(N(Cc2ccc(C(C)C)cc2)C(=O)C2CCN(C(=O)C3CC3)CC2)cc1. The lowest BCUT2D eigenvalue weighted by atomic mass is 9.94. The van der Waals surface area contributed by atoms with Crippen LogP contribution in [0.3, 0.4) is 0 Å². The maximum atomic E-state index is 13.6. The average molecular weight is 435 g/mol. The Morgan fingerprint density at radius 2 is 1.56 bits per heavy atom. The molecule has 0 aromatic heterocycles. The third kappa shape index (κ3) is 5.14. The van der Waals surface area contributed by atoms with E-state index >= 15 is 0 Å². The summed E-state index contributed by atoms with van der Waals surface area (Å²) in [5.74, 6) is 1.86. The molecule has 0 bridgehead atoms. The number of rotatable bonds is 7. The molecule has 0 N–H and O–H groups in total. The van der Waals surface area contributed by atoms with Gasteiger partial charge in [-0.25, -0.2) is 0 Å². The quantitative estimate of drug-likeness (QED) is 0.616. The third-order valence-electron chi connectivity index (χ3n) is 6.72. The van der Waals surface area contributed by atoms with Crippen LogP contribution in [0.1, 0.15) is 56.6 Å². The van der Waals surface area contributed by atoms with Crippen molar-refractivity contribution in [1.29, 1.82) is 0 Å². The molecule has 2 aliphatic rings. The molecule has 2 fully saturated rings. The Bertz CT molecular complexity index is 924. The Hall–Kier alpha value is -2.82. The van der Waals surface area contributed by atoms with E-state index in [-0.39, 0.29) is 23.7 Å². The van der Waals surface area contributed by atoms with Crippen LogP contribution in [0.2, 0.25) is 0 Å². The van der Waals surface area contributed by atoms with E-state index in [1.165, 1.54) is 5.56 Å². The number of carbonyl (C=O) groups is 2. The van der Waals surface area contributed by atoms with Gasteiger partial charge in [0.1, 0.15) is 5.75 Å². The first-order valence-corrected chi connectivity index (χ1v) is 11.8. The molecule has 0 atom stereocenters. The second-order valence-electron chi connectivity index (χ2n) is 9.39. The second-order valence-corrected chi connectivity index (χ2v) is 9.39. The number of benzene rings is 2. The van der Waals surface area contributed by atoms with Crippen molar-refractivity contribution in [2.24, 2.45) is 11.8 Å². The van der Waals surface area contributed by atoms with Gasteiger partial charge in [-0.15, -0.1) is 0 Å². The van der Waals surface area contributed by atoms with E-state index in [1.807, 2.05) is 34.1 Å². The molecule has 5 heteroatoms. The first-order valence-electron chi connectivity index (χ1n) is 11.8. The molecule has 0 radical (unpaired) electrons. The van der Waals surface area contributed by atoms with E-state index in [1.54, 1.807) is 7.11 Å². The molecular formula is C27H34N2O3. The van der Waals surface area contributed by atoms with Crippen LogP contribution in [0.5, 0.6) is 5.75 Å². The number of hydrogen-bond donors (Lipinski definition) is 0. The van der Waals surface area contributed by atoms with E-state index in [2.05, 4.69) is 38.1 Å². The van der Waals surface area contributed by atoms with Crippen LogP contribution >= 0.6 is 0 Å². The fourth-order valence-corrected chi connectivity index (χ4v) is 4.40. The zero-order valence-electron chi connectivity index (χ0n) is 19.4. The van der Waals surface area contributed by atoms with Crippen molar-refractivity contribution in [2.45, 2.75) is 52.0 Å². The number of nitrogens with zero attached hydrogens (tertiary/aromatic N) is 2. The van der Waals surface area contributed by atoms with Crippen molar-refractivity contribution < 1.29 is 14.3 Å². The minimum atomic E-state index is -0.0599. The van der Waals surface area contributed by atoms with Crippen LogP contribution in [0.25, 0.3) is 0 Å². The third-order valence-corrected chi connectivity index (χ3v) is 6.72. The summed E-state index contributed by atoms with van der Waals surface area (Å²) in [5, 5.41) is 0. The Morgan fingerprint density at radius 3 is 2.09 bits per heavy atom. The summed E-state index contributed by atoms with van der Waals surface area (Å²) in [6.45, 7) is 6.27. The van der Waals surface area contributed by atoms with Crippen LogP contribution in [0, 0.1) is 11.8 Å². The minimum absolute atomic E-state index is 0.0599. The molecule has 0 spiro atoms. The Kier molecular flexibility index (Phi) is 6.83. The number of methoxy groups -OCH3 is 1. The fourth-order valence-electron chi connectivity index (χ4n) is 4.40. The highest BCUT2D eigenvalue weighted by molar-refractivity contribution is 5.95. The van der Waals surface area contributed by atoms with Crippen molar-refractivity contribution >= 4 is 17.5 Å². The van der Waals surface area contributed by atoms with E-state index in [0.29, 0.717) is 25.6 Å². The number of piperidine rings is 1. The first kappa shape index (κ1) is 22.4. The summed E-state index contributed by atoms with van der Waals surface area (Å²) >= 11 is 0. The van der Waals surface area contributed by atoms with Crippen molar-refractivity contribution in [3.8, 4) is 5.75 Å². The molecular weight excluding hydrogens is 400 g/mol. The number of ether oxygens (including phenoxy) is 1. The summed E-state index contributed by atoms with van der Waals surface area (Å²) in [5.41, 5.74) is 3.28. The summed E-state index contributed by atoms with van der Waals surface area (Å²) in [6.07, 6.45) is 3.52. The monoisotopic (exact) mass is 434 g/mol. The lowest BCUT2D eigenvalue weighted by molar-refractivity contribution is -0.136. The summed E-state index contributed by atoms with van der Waals surface area (Å²) < 4.78 is 5.30. The zero-order chi connectivity index (χ0) is 22.7. The predicted octanol–water partition coefficient (Wildman–Crippen LogP) is 5.00. The molecule has 1 aliphatic carbocycles. The molecule has 4 rings (SSSR count). The van der Waals surface area contributed by atoms with Gasteiger partial charge in [-0.2, -0.15) is 0 Å². The highest BCUT2D eigenvalue weighted by Gasteiger charge is 2.37. The van der Waals surface area contributed by atoms with Gasteiger partial charge >= 0.3 is 0 Å². The zero-order valence-corrected chi connectivity index (χ0v) is 19.4. The van der Waals surface area contributed by atoms with Gasteiger partial charge in [-0.1, -0.05) is 38.1 Å². The van der Waals surface area contributed by atoms with Crippen molar-refractivity contribution in [3.63, 3.8) is 0 Å². The van der Waals surface area contributed by atoms with E-state index in [9.17, 15) is 9.59 Å². The molecule has 0 unspecified atom stereocenters. The molecule has 5 nitrogen and oxygen atoms in total. The summed E-state index contributed by atoms with van der Waals surface area (Å²) in [6, 6.07) is 16.2. The molecule has 32 heavy (non-hydrogen) atoms. The topological polar surface area (TPSA) is 49.9 Å². The number of anilines is 1. The molecule has 2 aromatic rings. The molecule has 1 saturated carbocycles. The largest absolute Gasteiger partial charge is 0.497 e. The number of likely N-dealkylation sites (tertiary alicyclic amines) is 1. The minimum Gasteiger partial charge on any atom is -0.497 e. The Morgan fingerprint density at radius 1 is 0.938 bits per heavy atom. The lowest BCUT2D eigenvalue weighted by Crippen LogP contribution is -2.44. The van der Waals surface area contributed by atoms with Gasteiger partial charge in [0, 0.05) is 30.6 Å². The van der Waals surface area contributed by atoms with Crippen molar-refractivity contribution in [1.82, 2.24) is 4.90 Å². The maximum Gasteiger partial charge on any atom is 0.230 e. The highest BCUT2D eigenvalue weighted by atomic mass is 16.5. The van der Waals surface area contributed by atoms with Gasteiger partial charge in [-0.05, 0) is 67.0 Å². The standard InChI is InChI=1S/C27H34N2O3/c1-19(2)21-6-4-20(5-7-21)18-29(24-10-12-25(32-3)13-11-24)27(31)23-14-16-28(17-15-23)26(30)22-8-9-22/h4-7,10-13,19,22-23H,8-9,14-18H2,1-3H3. The van der Waals surface area contributed by atoms with Gasteiger partial charge in [0.2, 0.25) is 11.8 Å². The van der Waals surface area contributed by atoms with E-state index in [0.717, 1.165) is 42.7 Å². The van der Waals surface area contributed by atoms with Gasteiger partial charge < -0.3 is 14.5 Å². The van der Waals surface area contributed by atoms with Gasteiger partial charge in [0.25, 0.3) is 0 Å². The van der Waals surface area contributed by atoms with Gasteiger partial charge in [0.15, 0.2) is 0 Å². The molecule has 1 aliphatic heterocycles. The van der Waals surface area contributed by atoms with Crippen LogP contribution in [0.4, 0.5) is 5.69 Å². The fraction of sp³-hybridized carbons (Fsp3) is 0.481. The highest BCUT2D eigenvalue weighted by Crippen LogP contribution is 2.33. The smallest absolute Gasteiger partial charge is 0.230 e. The maximum absolute atomic E-state index is 13.6.